The van der Waals surface area contributed by atoms with Crippen molar-refractivity contribution in [1.82, 2.24) is 10.6 Å². The van der Waals surface area contributed by atoms with E-state index in [2.05, 4.69) is 24.5 Å². The Morgan fingerprint density at radius 2 is 2.05 bits per heavy atom. The van der Waals surface area contributed by atoms with Gasteiger partial charge in [0.1, 0.15) is 5.75 Å². The molecule has 0 saturated heterocycles. The number of benzene rings is 1. The first kappa shape index (κ1) is 16.5. The van der Waals surface area contributed by atoms with Crippen molar-refractivity contribution >= 4 is 5.91 Å². The Morgan fingerprint density at radius 1 is 1.30 bits per heavy atom. The minimum atomic E-state index is -0.204. The highest BCUT2D eigenvalue weighted by Gasteiger charge is 2.11. The fraction of sp³-hybridized carbons (Fsp3) is 0.562. The molecular weight excluding hydrogens is 252 g/mol. The van der Waals surface area contributed by atoms with Crippen LogP contribution in [0.5, 0.6) is 5.75 Å². The summed E-state index contributed by atoms with van der Waals surface area (Å²) < 4.78 is 5.46. The molecule has 0 aliphatic carbocycles. The smallest absolute Gasteiger partial charge is 0.236 e. The van der Waals surface area contributed by atoms with Crippen LogP contribution in [0.3, 0.4) is 0 Å². The first-order chi connectivity index (χ1) is 9.52. The molecule has 0 saturated carbocycles. The number of rotatable bonds is 8. The molecule has 112 valence electrons. The highest BCUT2D eigenvalue weighted by Crippen LogP contribution is 2.13. The largest absolute Gasteiger partial charge is 0.494 e. The van der Waals surface area contributed by atoms with E-state index in [-0.39, 0.29) is 11.9 Å². The van der Waals surface area contributed by atoms with Crippen molar-refractivity contribution in [2.24, 2.45) is 5.92 Å². The molecule has 1 atom stereocenters. The average Bonchev–Trinajstić information content (AvgIpc) is 2.43. The highest BCUT2D eigenvalue weighted by atomic mass is 16.5. The Balaban J connectivity index is 2.41. The number of amides is 1. The van der Waals surface area contributed by atoms with E-state index in [1.54, 1.807) is 0 Å². The van der Waals surface area contributed by atoms with Gasteiger partial charge in [0.25, 0.3) is 0 Å². The first-order valence-corrected chi connectivity index (χ1v) is 7.25. The molecule has 20 heavy (non-hydrogen) atoms. The van der Waals surface area contributed by atoms with Crippen LogP contribution in [0.4, 0.5) is 0 Å². The topological polar surface area (TPSA) is 50.4 Å². The minimum absolute atomic E-state index is 0.0414. The normalized spacial score (nSPS) is 12.2. The van der Waals surface area contributed by atoms with Gasteiger partial charge in [-0.2, -0.15) is 0 Å². The molecule has 0 aliphatic heterocycles. The molecule has 1 rings (SSSR count). The van der Waals surface area contributed by atoms with Gasteiger partial charge in [0.05, 0.1) is 12.6 Å². The Kier molecular flexibility index (Phi) is 7.09. The van der Waals surface area contributed by atoms with Crippen LogP contribution >= 0.6 is 0 Å². The number of nitrogens with one attached hydrogen (secondary N) is 2. The molecule has 1 unspecified atom stereocenters. The fourth-order valence-corrected chi connectivity index (χ4v) is 1.73. The number of hydrogen-bond acceptors (Lipinski definition) is 3. The molecule has 4 heteroatoms. The maximum absolute atomic E-state index is 11.8. The Morgan fingerprint density at radius 3 is 2.70 bits per heavy atom. The zero-order chi connectivity index (χ0) is 15.0. The predicted molar refractivity (Wildman–Crippen MR) is 81.8 cm³/mol. The molecule has 2 N–H and O–H groups in total. The van der Waals surface area contributed by atoms with Gasteiger partial charge >= 0.3 is 0 Å². The maximum atomic E-state index is 11.8. The summed E-state index contributed by atoms with van der Waals surface area (Å²) in [5, 5.41) is 6.15. The Labute approximate surface area is 121 Å². The highest BCUT2D eigenvalue weighted by molar-refractivity contribution is 5.81. The molecule has 0 bridgehead atoms. The molecule has 4 nitrogen and oxygen atoms in total. The van der Waals surface area contributed by atoms with Crippen molar-refractivity contribution in [3.63, 3.8) is 0 Å². The van der Waals surface area contributed by atoms with Crippen molar-refractivity contribution in [3.05, 3.63) is 29.8 Å². The molecule has 0 fully saturated rings. The minimum Gasteiger partial charge on any atom is -0.494 e. The number of carbonyl (C=O) groups excluding carboxylic acids is 1. The van der Waals surface area contributed by atoms with E-state index >= 15 is 0 Å². The summed E-state index contributed by atoms with van der Waals surface area (Å²) in [6, 6.07) is 7.71. The SMILES string of the molecule is CCOc1cccc(CNC(C)C(=O)NCC(C)C)c1. The second-order valence-corrected chi connectivity index (χ2v) is 5.32. The number of hydrogen-bond donors (Lipinski definition) is 2. The lowest BCUT2D eigenvalue weighted by Crippen LogP contribution is -2.42. The summed E-state index contributed by atoms with van der Waals surface area (Å²) in [5.74, 6) is 1.37. The van der Waals surface area contributed by atoms with E-state index in [1.165, 1.54) is 0 Å². The van der Waals surface area contributed by atoms with Crippen LogP contribution in [0.25, 0.3) is 0 Å². The summed E-state index contributed by atoms with van der Waals surface area (Å²) >= 11 is 0. The van der Waals surface area contributed by atoms with Gasteiger partial charge in [0, 0.05) is 13.1 Å². The average molecular weight is 278 g/mol. The second-order valence-electron chi connectivity index (χ2n) is 5.32. The van der Waals surface area contributed by atoms with Gasteiger partial charge in [-0.15, -0.1) is 0 Å². The predicted octanol–water partition coefficient (Wildman–Crippen LogP) is 2.34. The van der Waals surface area contributed by atoms with Crippen LogP contribution in [0.15, 0.2) is 24.3 Å². The fourth-order valence-electron chi connectivity index (χ4n) is 1.73. The van der Waals surface area contributed by atoms with Gasteiger partial charge < -0.3 is 15.4 Å². The van der Waals surface area contributed by atoms with Crippen molar-refractivity contribution in [1.29, 1.82) is 0 Å². The molecule has 0 aliphatic rings. The molecular formula is C16H26N2O2. The lowest BCUT2D eigenvalue weighted by atomic mass is 10.2. The van der Waals surface area contributed by atoms with E-state index < -0.39 is 0 Å². The monoisotopic (exact) mass is 278 g/mol. The van der Waals surface area contributed by atoms with Crippen LogP contribution in [0.1, 0.15) is 33.3 Å². The number of carbonyl (C=O) groups is 1. The van der Waals surface area contributed by atoms with Crippen molar-refractivity contribution < 1.29 is 9.53 Å². The van der Waals surface area contributed by atoms with Crippen LogP contribution in [0, 0.1) is 5.92 Å². The van der Waals surface area contributed by atoms with E-state index in [0.717, 1.165) is 11.3 Å². The number of ether oxygens (including phenoxy) is 1. The van der Waals surface area contributed by atoms with Crippen LogP contribution in [-0.4, -0.2) is 25.1 Å². The van der Waals surface area contributed by atoms with Crippen LogP contribution < -0.4 is 15.4 Å². The lowest BCUT2D eigenvalue weighted by Gasteiger charge is -2.15. The van der Waals surface area contributed by atoms with Gasteiger partial charge in [0.15, 0.2) is 0 Å². The van der Waals surface area contributed by atoms with E-state index in [1.807, 2.05) is 38.1 Å². The van der Waals surface area contributed by atoms with E-state index in [9.17, 15) is 4.79 Å². The first-order valence-electron chi connectivity index (χ1n) is 7.25. The third-order valence-corrected chi connectivity index (χ3v) is 2.90. The summed E-state index contributed by atoms with van der Waals surface area (Å²) in [5.41, 5.74) is 1.11. The van der Waals surface area contributed by atoms with Crippen molar-refractivity contribution in [3.8, 4) is 5.75 Å². The molecule has 0 radical (unpaired) electrons. The van der Waals surface area contributed by atoms with Gasteiger partial charge in [0.2, 0.25) is 5.91 Å². The third-order valence-electron chi connectivity index (χ3n) is 2.90. The zero-order valence-corrected chi connectivity index (χ0v) is 12.9. The summed E-state index contributed by atoms with van der Waals surface area (Å²) in [4.78, 5) is 11.8. The lowest BCUT2D eigenvalue weighted by molar-refractivity contribution is -0.122. The molecule has 1 aromatic carbocycles. The summed E-state index contributed by atoms with van der Waals surface area (Å²) in [7, 11) is 0. The maximum Gasteiger partial charge on any atom is 0.236 e. The molecule has 0 aromatic heterocycles. The zero-order valence-electron chi connectivity index (χ0n) is 12.9. The molecule has 0 heterocycles. The summed E-state index contributed by atoms with van der Waals surface area (Å²) in [6.07, 6.45) is 0. The second kappa shape index (κ2) is 8.59. The van der Waals surface area contributed by atoms with Gasteiger partial charge in [-0.1, -0.05) is 26.0 Å². The Hall–Kier alpha value is -1.55. The van der Waals surface area contributed by atoms with E-state index in [4.69, 9.17) is 4.74 Å². The molecule has 1 amide bonds. The quantitative estimate of drug-likeness (QED) is 0.767. The third kappa shape index (κ3) is 6.06. The summed E-state index contributed by atoms with van der Waals surface area (Å²) in [6.45, 7) is 10.0. The van der Waals surface area contributed by atoms with Crippen molar-refractivity contribution in [2.45, 2.75) is 40.3 Å². The van der Waals surface area contributed by atoms with Gasteiger partial charge in [-0.3, -0.25) is 4.79 Å². The van der Waals surface area contributed by atoms with Gasteiger partial charge in [-0.25, -0.2) is 0 Å². The van der Waals surface area contributed by atoms with E-state index in [0.29, 0.717) is 25.6 Å². The van der Waals surface area contributed by atoms with Crippen LogP contribution in [-0.2, 0) is 11.3 Å². The molecule has 0 spiro atoms. The standard InChI is InChI=1S/C16H26N2O2/c1-5-20-15-8-6-7-14(9-15)11-17-13(4)16(19)18-10-12(2)3/h6-9,12-13,17H,5,10-11H2,1-4H3,(H,18,19). The van der Waals surface area contributed by atoms with Gasteiger partial charge in [-0.05, 0) is 37.5 Å². The van der Waals surface area contributed by atoms with Crippen molar-refractivity contribution in [2.75, 3.05) is 13.2 Å². The molecule has 1 aromatic rings. The van der Waals surface area contributed by atoms with Crippen LogP contribution in [0.2, 0.25) is 0 Å². The Bertz CT molecular complexity index is 419.